The minimum Gasteiger partial charge on any atom is -0.326 e. The third kappa shape index (κ3) is 5.04. The van der Waals surface area contributed by atoms with E-state index in [1.165, 1.54) is 12.1 Å². The van der Waals surface area contributed by atoms with Crippen LogP contribution in [0.3, 0.4) is 0 Å². The van der Waals surface area contributed by atoms with Crippen molar-refractivity contribution < 1.29 is 14.0 Å². The molecule has 2 N–H and O–H groups in total. The summed E-state index contributed by atoms with van der Waals surface area (Å²) in [6.07, 6.45) is 0.667. The van der Waals surface area contributed by atoms with Gasteiger partial charge in [-0.1, -0.05) is 36.4 Å². The fraction of sp³-hybridized carbons (Fsp3) is 0.130. The van der Waals surface area contributed by atoms with Crippen LogP contribution in [-0.4, -0.2) is 11.8 Å². The Morgan fingerprint density at radius 2 is 1.64 bits per heavy atom. The summed E-state index contributed by atoms with van der Waals surface area (Å²) in [5.74, 6) is -0.738. The topological polar surface area (TPSA) is 58.2 Å². The molecular weight excluding hydrogens is 355 g/mol. The number of para-hydroxylation sites is 1. The number of carbonyl (C=O) groups is 2. The Kier molecular flexibility index (Phi) is 6.17. The smallest absolute Gasteiger partial charge is 0.256 e. The number of carbonyl (C=O) groups excluding carboxylic acids is 2. The van der Waals surface area contributed by atoms with Crippen molar-refractivity contribution >= 4 is 23.2 Å². The number of nitrogens with one attached hydrogen (secondary N) is 2. The van der Waals surface area contributed by atoms with Gasteiger partial charge in [-0.15, -0.1) is 0 Å². The summed E-state index contributed by atoms with van der Waals surface area (Å²) in [5, 5.41) is 5.69. The number of halogens is 1. The molecular formula is C23H21FN2O2. The van der Waals surface area contributed by atoms with E-state index in [1.807, 2.05) is 30.3 Å². The fourth-order valence-corrected chi connectivity index (χ4v) is 2.90. The third-order valence-electron chi connectivity index (χ3n) is 4.41. The van der Waals surface area contributed by atoms with Gasteiger partial charge in [-0.2, -0.15) is 0 Å². The van der Waals surface area contributed by atoms with Crippen molar-refractivity contribution in [2.24, 2.45) is 0 Å². The zero-order valence-corrected chi connectivity index (χ0v) is 15.5. The number of hydrogen-bond acceptors (Lipinski definition) is 2. The van der Waals surface area contributed by atoms with E-state index in [9.17, 15) is 14.0 Å². The highest BCUT2D eigenvalue weighted by Crippen LogP contribution is 2.21. The Morgan fingerprint density at radius 1 is 0.893 bits per heavy atom. The average Bonchev–Trinajstić information content (AvgIpc) is 2.69. The standard InChI is InChI=1S/C23H21FN2O2/c1-16-20(23(28)25-19-9-3-2-4-10-19)11-6-12-21(16)26-22(27)14-13-17-7-5-8-18(24)15-17/h2-12,15H,13-14H2,1H3,(H,25,28)(H,26,27). The van der Waals surface area contributed by atoms with Crippen molar-refractivity contribution in [1.29, 1.82) is 0 Å². The molecule has 4 nitrogen and oxygen atoms in total. The number of benzene rings is 3. The van der Waals surface area contributed by atoms with Gasteiger partial charge in [0.15, 0.2) is 0 Å². The van der Waals surface area contributed by atoms with E-state index in [1.54, 1.807) is 37.3 Å². The quantitative estimate of drug-likeness (QED) is 0.639. The van der Waals surface area contributed by atoms with Crippen LogP contribution in [0, 0.1) is 12.7 Å². The minimum absolute atomic E-state index is 0.187. The number of rotatable bonds is 6. The summed E-state index contributed by atoms with van der Waals surface area (Å²) in [6, 6.07) is 20.6. The summed E-state index contributed by atoms with van der Waals surface area (Å²) in [4.78, 5) is 24.8. The van der Waals surface area contributed by atoms with Crippen molar-refractivity contribution in [2.45, 2.75) is 19.8 Å². The SMILES string of the molecule is Cc1c(NC(=O)CCc2cccc(F)c2)cccc1C(=O)Nc1ccccc1. The van der Waals surface area contributed by atoms with Crippen LogP contribution in [0.4, 0.5) is 15.8 Å². The minimum atomic E-state index is -0.314. The number of hydrogen-bond donors (Lipinski definition) is 2. The van der Waals surface area contributed by atoms with Crippen LogP contribution in [0.5, 0.6) is 0 Å². The average molecular weight is 376 g/mol. The lowest BCUT2D eigenvalue weighted by Crippen LogP contribution is -2.17. The van der Waals surface area contributed by atoms with Crippen molar-refractivity contribution in [3.05, 3.63) is 95.3 Å². The van der Waals surface area contributed by atoms with Gasteiger partial charge in [0.05, 0.1) is 0 Å². The second kappa shape index (κ2) is 8.95. The summed E-state index contributed by atoms with van der Waals surface area (Å²) in [7, 11) is 0. The van der Waals surface area contributed by atoms with E-state index in [-0.39, 0.29) is 24.1 Å². The van der Waals surface area contributed by atoms with Crippen LogP contribution in [0.15, 0.2) is 72.8 Å². The maximum atomic E-state index is 13.2. The molecule has 0 aliphatic rings. The number of aryl methyl sites for hydroxylation is 1. The van der Waals surface area contributed by atoms with Crippen LogP contribution in [-0.2, 0) is 11.2 Å². The Labute approximate surface area is 163 Å². The molecule has 0 spiro atoms. The van der Waals surface area contributed by atoms with E-state index < -0.39 is 0 Å². The molecule has 3 rings (SSSR count). The van der Waals surface area contributed by atoms with Crippen molar-refractivity contribution in [3.8, 4) is 0 Å². The number of amides is 2. The second-order valence-electron chi connectivity index (χ2n) is 6.48. The third-order valence-corrected chi connectivity index (χ3v) is 4.41. The van der Waals surface area contributed by atoms with Gasteiger partial charge in [-0.05, 0) is 60.9 Å². The zero-order chi connectivity index (χ0) is 19.9. The molecule has 0 aliphatic carbocycles. The molecule has 2 amide bonds. The molecule has 5 heteroatoms. The molecule has 0 aliphatic heterocycles. The normalized spacial score (nSPS) is 10.4. The van der Waals surface area contributed by atoms with Crippen molar-refractivity contribution in [3.63, 3.8) is 0 Å². The van der Waals surface area contributed by atoms with Gasteiger partial charge in [0.2, 0.25) is 5.91 Å². The highest BCUT2D eigenvalue weighted by atomic mass is 19.1. The maximum Gasteiger partial charge on any atom is 0.256 e. The monoisotopic (exact) mass is 376 g/mol. The van der Waals surface area contributed by atoms with Gasteiger partial charge < -0.3 is 10.6 Å². The summed E-state index contributed by atoms with van der Waals surface area (Å²) >= 11 is 0. The largest absolute Gasteiger partial charge is 0.326 e. The molecule has 0 saturated carbocycles. The highest BCUT2D eigenvalue weighted by molar-refractivity contribution is 6.06. The van der Waals surface area contributed by atoms with Crippen LogP contribution >= 0.6 is 0 Å². The molecule has 0 atom stereocenters. The van der Waals surface area contributed by atoms with Gasteiger partial charge in [0.1, 0.15) is 5.82 Å². The Balaban J connectivity index is 1.65. The molecule has 0 bridgehead atoms. The van der Waals surface area contributed by atoms with Gasteiger partial charge in [0.25, 0.3) is 5.91 Å². The molecule has 0 fully saturated rings. The van der Waals surface area contributed by atoms with Gasteiger partial charge in [-0.25, -0.2) is 4.39 Å². The van der Waals surface area contributed by atoms with E-state index in [0.29, 0.717) is 28.9 Å². The van der Waals surface area contributed by atoms with Crippen LogP contribution in [0.2, 0.25) is 0 Å². The van der Waals surface area contributed by atoms with Gasteiger partial charge in [-0.3, -0.25) is 9.59 Å². The van der Waals surface area contributed by atoms with E-state index in [4.69, 9.17) is 0 Å². The van der Waals surface area contributed by atoms with E-state index in [0.717, 1.165) is 5.56 Å². The summed E-state index contributed by atoms with van der Waals surface area (Å²) in [5.41, 5.74) is 3.24. The number of anilines is 2. The molecule has 0 aromatic heterocycles. The van der Waals surface area contributed by atoms with Crippen molar-refractivity contribution in [2.75, 3.05) is 10.6 Å². The Morgan fingerprint density at radius 3 is 2.39 bits per heavy atom. The maximum absolute atomic E-state index is 13.2. The van der Waals surface area contributed by atoms with Crippen LogP contribution < -0.4 is 10.6 Å². The Bertz CT molecular complexity index is 987. The molecule has 0 radical (unpaired) electrons. The molecule has 142 valence electrons. The predicted molar refractivity (Wildman–Crippen MR) is 109 cm³/mol. The lowest BCUT2D eigenvalue weighted by Gasteiger charge is -2.13. The lowest BCUT2D eigenvalue weighted by atomic mass is 10.1. The molecule has 28 heavy (non-hydrogen) atoms. The van der Waals surface area contributed by atoms with Gasteiger partial charge >= 0.3 is 0 Å². The van der Waals surface area contributed by atoms with Gasteiger partial charge in [0, 0.05) is 23.4 Å². The first kappa shape index (κ1) is 19.3. The predicted octanol–water partition coefficient (Wildman–Crippen LogP) is 4.96. The first-order chi connectivity index (χ1) is 13.5. The molecule has 0 saturated heterocycles. The Hall–Kier alpha value is -3.47. The van der Waals surface area contributed by atoms with E-state index >= 15 is 0 Å². The summed E-state index contributed by atoms with van der Waals surface area (Å²) in [6.45, 7) is 1.79. The zero-order valence-electron chi connectivity index (χ0n) is 15.5. The van der Waals surface area contributed by atoms with Crippen molar-refractivity contribution in [1.82, 2.24) is 0 Å². The summed E-state index contributed by atoms with van der Waals surface area (Å²) < 4.78 is 13.2. The first-order valence-corrected chi connectivity index (χ1v) is 9.03. The second-order valence-corrected chi connectivity index (χ2v) is 6.48. The molecule has 3 aromatic rings. The van der Waals surface area contributed by atoms with Crippen LogP contribution in [0.25, 0.3) is 0 Å². The first-order valence-electron chi connectivity index (χ1n) is 9.03. The highest BCUT2D eigenvalue weighted by Gasteiger charge is 2.13. The molecule has 0 unspecified atom stereocenters. The lowest BCUT2D eigenvalue weighted by molar-refractivity contribution is -0.116. The fourth-order valence-electron chi connectivity index (χ4n) is 2.90. The van der Waals surface area contributed by atoms with E-state index in [2.05, 4.69) is 10.6 Å². The molecule has 0 heterocycles. The van der Waals surface area contributed by atoms with Crippen LogP contribution in [0.1, 0.15) is 27.9 Å². The molecule has 3 aromatic carbocycles.